The van der Waals surface area contributed by atoms with E-state index in [1.807, 2.05) is 18.7 Å². The van der Waals surface area contributed by atoms with Gasteiger partial charge in [0.25, 0.3) is 0 Å². The molecule has 0 spiro atoms. The highest BCUT2D eigenvalue weighted by Gasteiger charge is 2.40. The monoisotopic (exact) mass is 351 g/mol. The fourth-order valence-corrected chi connectivity index (χ4v) is 5.72. The molecule has 3 rings (SSSR count). The summed E-state index contributed by atoms with van der Waals surface area (Å²) in [6, 6.07) is 8.55. The molecule has 1 amide bonds. The highest BCUT2D eigenvalue weighted by Crippen LogP contribution is 2.35. The van der Waals surface area contributed by atoms with Crippen molar-refractivity contribution in [1.29, 1.82) is 0 Å². The molecule has 24 heavy (non-hydrogen) atoms. The van der Waals surface area contributed by atoms with Crippen LogP contribution in [0.5, 0.6) is 0 Å². The molecule has 0 unspecified atom stereocenters. The van der Waals surface area contributed by atoms with E-state index in [1.54, 1.807) is 30.3 Å². The van der Waals surface area contributed by atoms with Crippen molar-refractivity contribution in [2.24, 2.45) is 5.92 Å². The van der Waals surface area contributed by atoms with Crippen molar-refractivity contribution in [3.8, 4) is 0 Å². The third kappa shape index (κ3) is 3.49. The van der Waals surface area contributed by atoms with E-state index in [2.05, 4.69) is 0 Å². The van der Waals surface area contributed by atoms with Crippen LogP contribution >= 0.6 is 0 Å². The van der Waals surface area contributed by atoms with Crippen molar-refractivity contribution in [2.75, 3.05) is 13.1 Å². The lowest BCUT2D eigenvalue weighted by molar-refractivity contribution is -0.147. The predicted octanol–water partition coefficient (Wildman–Crippen LogP) is 2.26. The third-order valence-electron chi connectivity index (χ3n) is 4.98. The molecule has 1 aliphatic carbocycles. The number of nitrogens with zero attached hydrogens (tertiary/aromatic N) is 1. The van der Waals surface area contributed by atoms with Crippen LogP contribution in [0.4, 0.5) is 0 Å². The number of carbonyl (C=O) groups is 1. The van der Waals surface area contributed by atoms with Gasteiger partial charge in [0.1, 0.15) is 0 Å². The minimum atomic E-state index is -3.35. The highest BCUT2D eigenvalue weighted by molar-refractivity contribution is 7.92. The van der Waals surface area contributed by atoms with Crippen LogP contribution in [-0.4, -0.2) is 49.8 Å². The lowest BCUT2D eigenvalue weighted by atomic mass is 10.1. The first-order valence-corrected chi connectivity index (χ1v) is 10.2. The molecule has 0 radical (unpaired) electrons. The van der Waals surface area contributed by atoms with Crippen LogP contribution < -0.4 is 0 Å². The largest absolute Gasteiger partial charge is 0.372 e. The average molecular weight is 351 g/mol. The molecular weight excluding hydrogens is 326 g/mol. The van der Waals surface area contributed by atoms with Gasteiger partial charge in [-0.2, -0.15) is 0 Å². The second-order valence-corrected chi connectivity index (χ2v) is 9.22. The van der Waals surface area contributed by atoms with Gasteiger partial charge >= 0.3 is 0 Å². The van der Waals surface area contributed by atoms with Gasteiger partial charge in [-0.1, -0.05) is 18.2 Å². The van der Waals surface area contributed by atoms with Crippen molar-refractivity contribution >= 4 is 15.7 Å². The lowest BCUT2D eigenvalue weighted by Gasteiger charge is -2.36. The summed E-state index contributed by atoms with van der Waals surface area (Å²) in [6.07, 6.45) is 1.69. The summed E-state index contributed by atoms with van der Waals surface area (Å²) in [5, 5.41) is -0.454. The Morgan fingerprint density at radius 3 is 2.33 bits per heavy atom. The van der Waals surface area contributed by atoms with E-state index in [0.717, 1.165) is 0 Å². The Labute approximate surface area is 143 Å². The maximum Gasteiger partial charge on any atom is 0.225 e. The summed E-state index contributed by atoms with van der Waals surface area (Å²) >= 11 is 0. The molecule has 1 aromatic carbocycles. The normalized spacial score (nSPS) is 31.2. The van der Waals surface area contributed by atoms with E-state index in [1.165, 1.54) is 0 Å². The molecule has 1 aliphatic heterocycles. The molecule has 132 valence electrons. The Morgan fingerprint density at radius 2 is 1.71 bits per heavy atom. The van der Waals surface area contributed by atoms with Gasteiger partial charge in [0.2, 0.25) is 5.91 Å². The first-order valence-electron chi connectivity index (χ1n) is 8.61. The molecule has 5 nitrogen and oxygen atoms in total. The average Bonchev–Trinajstić information content (AvgIpc) is 3.05. The number of amides is 1. The second-order valence-electron chi connectivity index (χ2n) is 6.99. The maximum absolute atomic E-state index is 12.8. The molecule has 0 bridgehead atoms. The molecule has 2 fully saturated rings. The van der Waals surface area contributed by atoms with Crippen LogP contribution in [-0.2, 0) is 19.4 Å². The van der Waals surface area contributed by atoms with Crippen molar-refractivity contribution in [3.05, 3.63) is 30.3 Å². The topological polar surface area (TPSA) is 63.7 Å². The van der Waals surface area contributed by atoms with Crippen LogP contribution in [0.25, 0.3) is 0 Å². The summed E-state index contributed by atoms with van der Waals surface area (Å²) < 4.78 is 31.1. The van der Waals surface area contributed by atoms with Gasteiger partial charge in [-0.3, -0.25) is 4.79 Å². The van der Waals surface area contributed by atoms with Crippen LogP contribution in [0.3, 0.4) is 0 Å². The van der Waals surface area contributed by atoms with Gasteiger partial charge in [0.15, 0.2) is 9.84 Å². The number of hydrogen-bond donors (Lipinski definition) is 0. The molecule has 1 aromatic rings. The number of ether oxygens (including phenoxy) is 1. The zero-order chi connectivity index (χ0) is 17.3. The lowest BCUT2D eigenvalue weighted by Crippen LogP contribution is -2.49. The summed E-state index contributed by atoms with van der Waals surface area (Å²) in [7, 11) is -3.35. The molecule has 6 heteroatoms. The maximum atomic E-state index is 12.8. The van der Waals surface area contributed by atoms with Crippen molar-refractivity contribution < 1.29 is 17.9 Å². The third-order valence-corrected chi connectivity index (χ3v) is 7.21. The summed E-state index contributed by atoms with van der Waals surface area (Å²) in [5.74, 6) is -0.103. The Morgan fingerprint density at radius 1 is 1.08 bits per heavy atom. The Kier molecular flexibility index (Phi) is 4.97. The minimum Gasteiger partial charge on any atom is -0.372 e. The van der Waals surface area contributed by atoms with E-state index in [0.29, 0.717) is 37.2 Å². The van der Waals surface area contributed by atoms with Crippen molar-refractivity contribution in [1.82, 2.24) is 4.90 Å². The first kappa shape index (κ1) is 17.4. The number of benzene rings is 1. The quantitative estimate of drug-likeness (QED) is 0.838. The number of hydrogen-bond acceptors (Lipinski definition) is 4. The van der Waals surface area contributed by atoms with Gasteiger partial charge in [-0.05, 0) is 45.2 Å². The fraction of sp³-hybridized carbons (Fsp3) is 0.611. The summed E-state index contributed by atoms with van der Waals surface area (Å²) in [4.78, 5) is 15.0. The Balaban J connectivity index is 1.68. The Bertz CT molecular complexity index is 678. The second kappa shape index (κ2) is 6.84. The molecule has 2 aliphatic rings. The predicted molar refractivity (Wildman–Crippen MR) is 91.3 cm³/mol. The number of carbonyl (C=O) groups excluding carboxylic acids is 1. The highest BCUT2D eigenvalue weighted by atomic mass is 32.2. The van der Waals surface area contributed by atoms with Gasteiger partial charge in [-0.25, -0.2) is 8.42 Å². The van der Waals surface area contributed by atoms with Crippen LogP contribution in [0, 0.1) is 5.92 Å². The molecule has 4 atom stereocenters. The molecule has 1 saturated carbocycles. The van der Waals surface area contributed by atoms with E-state index >= 15 is 0 Å². The standard InChI is InChI=1S/C18H25NO4S/c1-13-11-19(12-14(2)23-13)18(20)15-8-9-17(10-15)24(21,22)16-6-4-3-5-7-16/h3-7,13-15,17H,8-12H2,1-2H3/t13-,14+,15-,17-/m1/s1. The van der Waals surface area contributed by atoms with E-state index in [-0.39, 0.29) is 24.0 Å². The molecule has 1 heterocycles. The summed E-state index contributed by atoms with van der Waals surface area (Å²) in [6.45, 7) is 5.12. The van der Waals surface area contributed by atoms with Crippen molar-refractivity contribution in [3.63, 3.8) is 0 Å². The fourth-order valence-electron chi connectivity index (χ4n) is 3.86. The molecule has 1 saturated heterocycles. The van der Waals surface area contributed by atoms with Crippen LogP contribution in [0.1, 0.15) is 33.1 Å². The van der Waals surface area contributed by atoms with Crippen molar-refractivity contribution in [2.45, 2.75) is 55.5 Å². The van der Waals surface area contributed by atoms with Gasteiger partial charge in [0.05, 0.1) is 22.4 Å². The number of morpholine rings is 1. The SMILES string of the molecule is C[C@@H]1CN(C(=O)[C@@H]2CC[C@@H](S(=O)(=O)c3ccccc3)C2)C[C@H](C)O1. The zero-order valence-corrected chi connectivity index (χ0v) is 15.0. The van der Waals surface area contributed by atoms with Gasteiger partial charge in [-0.15, -0.1) is 0 Å². The molecular formula is C18H25NO4S. The van der Waals surface area contributed by atoms with E-state index in [9.17, 15) is 13.2 Å². The summed E-state index contributed by atoms with van der Waals surface area (Å²) in [5.41, 5.74) is 0. The van der Waals surface area contributed by atoms with Crippen LogP contribution in [0.15, 0.2) is 35.2 Å². The van der Waals surface area contributed by atoms with E-state index in [4.69, 9.17) is 4.74 Å². The zero-order valence-electron chi connectivity index (χ0n) is 14.2. The van der Waals surface area contributed by atoms with E-state index < -0.39 is 15.1 Å². The first-order chi connectivity index (χ1) is 11.4. The minimum absolute atomic E-state index is 0.0305. The molecule has 0 N–H and O–H groups in total. The Hall–Kier alpha value is -1.40. The van der Waals surface area contributed by atoms with Crippen LogP contribution in [0.2, 0.25) is 0 Å². The van der Waals surface area contributed by atoms with Gasteiger partial charge in [0, 0.05) is 19.0 Å². The smallest absolute Gasteiger partial charge is 0.225 e. The van der Waals surface area contributed by atoms with Gasteiger partial charge < -0.3 is 9.64 Å². The number of sulfone groups is 1. The number of rotatable bonds is 3. The molecule has 0 aromatic heterocycles.